The van der Waals surface area contributed by atoms with Crippen LogP contribution >= 0.6 is 23.4 Å². The van der Waals surface area contributed by atoms with Gasteiger partial charge in [0.1, 0.15) is 0 Å². The van der Waals surface area contributed by atoms with E-state index in [0.717, 1.165) is 35.9 Å². The van der Waals surface area contributed by atoms with Gasteiger partial charge in [-0.25, -0.2) is 0 Å². The number of nitrogens with one attached hydrogen (secondary N) is 1. The molecule has 20 heavy (non-hydrogen) atoms. The van der Waals surface area contributed by atoms with Crippen LogP contribution in [0.25, 0.3) is 0 Å². The number of halogens is 1. The zero-order valence-electron chi connectivity index (χ0n) is 12.1. The van der Waals surface area contributed by atoms with Gasteiger partial charge in [-0.05, 0) is 49.8 Å². The number of thioether (sulfide) groups is 1. The van der Waals surface area contributed by atoms with Crippen molar-refractivity contribution in [3.63, 3.8) is 0 Å². The van der Waals surface area contributed by atoms with E-state index >= 15 is 0 Å². The number of primary amides is 1. The molecular weight excluding hydrogens is 292 g/mol. The third-order valence-electron chi connectivity index (χ3n) is 3.26. The van der Waals surface area contributed by atoms with E-state index in [1.807, 2.05) is 49.9 Å². The molecule has 1 atom stereocenters. The number of hydrogen-bond acceptors (Lipinski definition) is 3. The fourth-order valence-corrected chi connectivity index (χ4v) is 3.03. The molecule has 0 saturated heterocycles. The normalized spacial score (nSPS) is 13.9. The average molecular weight is 315 g/mol. The minimum atomic E-state index is -0.588. The van der Waals surface area contributed by atoms with E-state index in [0.29, 0.717) is 0 Å². The number of nitrogens with two attached hydrogens (primary N) is 1. The van der Waals surface area contributed by atoms with Gasteiger partial charge in [0.05, 0.1) is 5.54 Å². The Bertz CT molecular complexity index is 424. The first-order valence-corrected chi connectivity index (χ1v) is 8.38. The molecule has 0 saturated carbocycles. The van der Waals surface area contributed by atoms with Gasteiger partial charge in [-0.2, -0.15) is 11.8 Å². The molecule has 0 bridgehead atoms. The van der Waals surface area contributed by atoms with E-state index in [1.165, 1.54) is 5.56 Å². The first-order valence-electron chi connectivity index (χ1n) is 6.85. The van der Waals surface area contributed by atoms with E-state index in [9.17, 15) is 4.79 Å². The maximum absolute atomic E-state index is 11.5. The van der Waals surface area contributed by atoms with E-state index in [1.54, 1.807) is 0 Å². The van der Waals surface area contributed by atoms with Crippen LogP contribution in [0.3, 0.4) is 0 Å². The highest BCUT2D eigenvalue weighted by atomic mass is 35.5. The van der Waals surface area contributed by atoms with Crippen molar-refractivity contribution in [2.45, 2.75) is 38.0 Å². The Kier molecular flexibility index (Phi) is 7.41. The molecule has 1 aromatic rings. The highest BCUT2D eigenvalue weighted by molar-refractivity contribution is 7.98. The van der Waals surface area contributed by atoms with Gasteiger partial charge in [0, 0.05) is 10.8 Å². The van der Waals surface area contributed by atoms with E-state index in [-0.39, 0.29) is 5.91 Å². The van der Waals surface area contributed by atoms with Crippen LogP contribution < -0.4 is 11.1 Å². The fourth-order valence-electron chi connectivity index (χ4n) is 1.99. The molecule has 3 nitrogen and oxygen atoms in total. The summed E-state index contributed by atoms with van der Waals surface area (Å²) in [6.45, 7) is 4.61. The fraction of sp³-hybridized carbons (Fsp3) is 0.533. The second-order valence-electron chi connectivity index (χ2n) is 5.01. The SMILES string of the molecule is CCNC(C)(CCCSCc1ccc(Cl)cc1)C(N)=O. The van der Waals surface area contributed by atoms with Crippen molar-refractivity contribution in [2.24, 2.45) is 5.73 Å². The van der Waals surface area contributed by atoms with Crippen LogP contribution in [0.15, 0.2) is 24.3 Å². The number of rotatable bonds is 9. The molecule has 0 aliphatic rings. The second kappa shape index (κ2) is 8.55. The number of benzene rings is 1. The lowest BCUT2D eigenvalue weighted by Gasteiger charge is -2.26. The molecule has 3 N–H and O–H groups in total. The molecular formula is C15H23ClN2OS. The Labute approximate surface area is 130 Å². The summed E-state index contributed by atoms with van der Waals surface area (Å²) in [7, 11) is 0. The number of carbonyl (C=O) groups excluding carboxylic acids is 1. The predicted octanol–water partition coefficient (Wildman–Crippen LogP) is 3.21. The predicted molar refractivity (Wildman–Crippen MR) is 88.1 cm³/mol. The Morgan fingerprint density at radius 1 is 1.40 bits per heavy atom. The number of likely N-dealkylation sites (N-methyl/N-ethyl adjacent to an activating group) is 1. The van der Waals surface area contributed by atoms with Crippen LogP contribution in [-0.4, -0.2) is 23.7 Å². The lowest BCUT2D eigenvalue weighted by atomic mass is 9.95. The Balaban J connectivity index is 2.27. The van der Waals surface area contributed by atoms with Gasteiger partial charge in [-0.15, -0.1) is 0 Å². The summed E-state index contributed by atoms with van der Waals surface area (Å²) in [6, 6.07) is 7.91. The summed E-state index contributed by atoms with van der Waals surface area (Å²) in [4.78, 5) is 11.5. The van der Waals surface area contributed by atoms with Crippen molar-refractivity contribution in [3.8, 4) is 0 Å². The maximum Gasteiger partial charge on any atom is 0.237 e. The van der Waals surface area contributed by atoms with Gasteiger partial charge >= 0.3 is 0 Å². The maximum atomic E-state index is 11.5. The second-order valence-corrected chi connectivity index (χ2v) is 6.55. The van der Waals surface area contributed by atoms with Crippen molar-refractivity contribution in [2.75, 3.05) is 12.3 Å². The average Bonchev–Trinajstić information content (AvgIpc) is 2.40. The number of hydrogen-bond donors (Lipinski definition) is 2. The standard InChI is InChI=1S/C15H23ClN2OS/c1-3-18-15(2,14(17)19)9-4-10-20-11-12-5-7-13(16)8-6-12/h5-8,18H,3-4,9-11H2,1-2H3,(H2,17,19). The van der Waals surface area contributed by atoms with Crippen LogP contribution in [0.5, 0.6) is 0 Å². The molecule has 0 aromatic heterocycles. The molecule has 0 aliphatic heterocycles. The summed E-state index contributed by atoms with van der Waals surface area (Å²) in [5, 5.41) is 3.94. The molecule has 0 fully saturated rings. The lowest BCUT2D eigenvalue weighted by molar-refractivity contribution is -0.124. The smallest absolute Gasteiger partial charge is 0.237 e. The monoisotopic (exact) mass is 314 g/mol. The highest BCUT2D eigenvalue weighted by Gasteiger charge is 2.28. The van der Waals surface area contributed by atoms with E-state index in [2.05, 4.69) is 5.32 Å². The van der Waals surface area contributed by atoms with Gasteiger partial charge in [-0.1, -0.05) is 30.7 Å². The summed E-state index contributed by atoms with van der Waals surface area (Å²) in [5.74, 6) is 1.70. The Morgan fingerprint density at radius 3 is 2.60 bits per heavy atom. The lowest BCUT2D eigenvalue weighted by Crippen LogP contribution is -2.53. The largest absolute Gasteiger partial charge is 0.368 e. The van der Waals surface area contributed by atoms with Crippen LogP contribution in [0.2, 0.25) is 5.02 Å². The van der Waals surface area contributed by atoms with Crippen LogP contribution in [-0.2, 0) is 10.5 Å². The summed E-state index contributed by atoms with van der Waals surface area (Å²) >= 11 is 7.71. The third kappa shape index (κ3) is 5.73. The first-order chi connectivity index (χ1) is 9.48. The zero-order chi connectivity index (χ0) is 15.0. The molecule has 0 radical (unpaired) electrons. The molecule has 1 aromatic carbocycles. The van der Waals surface area contributed by atoms with Gasteiger partial charge < -0.3 is 11.1 Å². The van der Waals surface area contributed by atoms with Crippen molar-refractivity contribution in [1.82, 2.24) is 5.32 Å². The molecule has 5 heteroatoms. The zero-order valence-corrected chi connectivity index (χ0v) is 13.7. The highest BCUT2D eigenvalue weighted by Crippen LogP contribution is 2.19. The van der Waals surface area contributed by atoms with Crippen molar-refractivity contribution in [1.29, 1.82) is 0 Å². The van der Waals surface area contributed by atoms with Crippen molar-refractivity contribution >= 4 is 29.3 Å². The minimum Gasteiger partial charge on any atom is -0.368 e. The molecule has 0 heterocycles. The number of amides is 1. The third-order valence-corrected chi connectivity index (χ3v) is 4.62. The molecule has 0 spiro atoms. The Morgan fingerprint density at radius 2 is 2.05 bits per heavy atom. The van der Waals surface area contributed by atoms with Gasteiger partial charge in [0.2, 0.25) is 5.91 Å². The Hall–Kier alpha value is -0.710. The summed E-state index contributed by atoms with van der Waals surface area (Å²) < 4.78 is 0. The minimum absolute atomic E-state index is 0.276. The summed E-state index contributed by atoms with van der Waals surface area (Å²) in [5.41, 5.74) is 6.14. The van der Waals surface area contributed by atoms with Crippen molar-refractivity contribution < 1.29 is 4.79 Å². The van der Waals surface area contributed by atoms with Gasteiger partial charge in [0.25, 0.3) is 0 Å². The van der Waals surface area contributed by atoms with Crippen molar-refractivity contribution in [3.05, 3.63) is 34.9 Å². The van der Waals surface area contributed by atoms with Gasteiger partial charge in [0.15, 0.2) is 0 Å². The molecule has 1 amide bonds. The number of carbonyl (C=O) groups is 1. The summed E-state index contributed by atoms with van der Waals surface area (Å²) in [6.07, 6.45) is 1.73. The van der Waals surface area contributed by atoms with Gasteiger partial charge in [-0.3, -0.25) is 4.79 Å². The topological polar surface area (TPSA) is 55.1 Å². The van der Waals surface area contributed by atoms with Crippen LogP contribution in [0, 0.1) is 0 Å². The van der Waals surface area contributed by atoms with Crippen LogP contribution in [0.4, 0.5) is 0 Å². The first kappa shape index (κ1) is 17.3. The molecule has 1 rings (SSSR count). The van der Waals surface area contributed by atoms with E-state index < -0.39 is 5.54 Å². The molecule has 1 unspecified atom stereocenters. The van der Waals surface area contributed by atoms with E-state index in [4.69, 9.17) is 17.3 Å². The molecule has 0 aliphatic carbocycles. The van der Waals surface area contributed by atoms with Crippen LogP contribution in [0.1, 0.15) is 32.3 Å². The molecule has 112 valence electrons. The quantitative estimate of drug-likeness (QED) is 0.688.